The van der Waals surface area contributed by atoms with Crippen molar-refractivity contribution < 1.29 is 9.47 Å². The molecule has 312 valence electrons. The van der Waals surface area contributed by atoms with Crippen LogP contribution in [0, 0.1) is 0 Å². The predicted molar refractivity (Wildman–Crippen MR) is 267 cm³/mol. The van der Waals surface area contributed by atoms with E-state index in [1.807, 2.05) is 0 Å². The van der Waals surface area contributed by atoms with Gasteiger partial charge in [0.25, 0.3) is 0 Å². The predicted octanol–water partition coefficient (Wildman–Crippen LogP) is 15.7. The van der Waals surface area contributed by atoms with Gasteiger partial charge in [-0.2, -0.15) is 0 Å². The van der Waals surface area contributed by atoms with E-state index in [-0.39, 0.29) is 0 Å². The number of ether oxygens (including phenoxy) is 2. The van der Waals surface area contributed by atoms with E-state index < -0.39 is 16.2 Å². The summed E-state index contributed by atoms with van der Waals surface area (Å²) in [7, 11) is 0. The Kier molecular flexibility index (Phi) is 6.58. The largest absolute Gasteiger partial charge is 0.457 e. The minimum Gasteiger partial charge on any atom is -0.457 e. The van der Waals surface area contributed by atoms with E-state index in [9.17, 15) is 0 Å². The molecule has 0 saturated heterocycles. The average Bonchev–Trinajstić information content (AvgIpc) is 3.94. The summed E-state index contributed by atoms with van der Waals surface area (Å²) in [5.41, 5.74) is 22.4. The molecule has 0 radical (unpaired) electrons. The normalized spacial score (nSPS) is 19.0. The van der Waals surface area contributed by atoms with Gasteiger partial charge in [-0.3, -0.25) is 0 Å². The lowest BCUT2D eigenvalue weighted by atomic mass is 9.64. The Bertz CT molecular complexity index is 3830. The van der Waals surface area contributed by atoms with Crippen LogP contribution in [0.5, 0.6) is 23.0 Å². The summed E-state index contributed by atoms with van der Waals surface area (Å²) in [5, 5.41) is 0. The monoisotopic (exact) mass is 853 g/mol. The topological polar surface area (TPSA) is 21.7 Å². The molecule has 3 heteroatoms. The Morgan fingerprint density at radius 2 is 0.746 bits per heavy atom. The van der Waals surface area contributed by atoms with Crippen LogP contribution in [0.25, 0.3) is 33.4 Å². The highest BCUT2D eigenvalue weighted by Crippen LogP contribution is 2.68. The number of hydrogen-bond acceptors (Lipinski definition) is 3. The van der Waals surface area contributed by atoms with Gasteiger partial charge >= 0.3 is 0 Å². The third-order valence-electron chi connectivity index (χ3n) is 16.4. The third kappa shape index (κ3) is 4.05. The number of rotatable bonds is 1. The van der Waals surface area contributed by atoms with Gasteiger partial charge in [-0.15, -0.1) is 0 Å². The second kappa shape index (κ2) is 12.3. The Hall–Kier alpha value is -8.40. The molecular formula is C64H39NO2. The molecule has 3 aliphatic heterocycles. The molecule has 0 saturated carbocycles. The lowest BCUT2D eigenvalue weighted by Crippen LogP contribution is -2.34. The van der Waals surface area contributed by atoms with Crippen LogP contribution in [0.1, 0.15) is 68.1 Å². The second-order valence-electron chi connectivity index (χ2n) is 19.1. The van der Waals surface area contributed by atoms with Gasteiger partial charge in [-0.25, -0.2) is 0 Å². The van der Waals surface area contributed by atoms with E-state index in [0.29, 0.717) is 0 Å². The maximum absolute atomic E-state index is 7.34. The smallest absolute Gasteiger partial charge is 0.136 e. The summed E-state index contributed by atoms with van der Waals surface area (Å²) >= 11 is 0. The minimum absolute atomic E-state index is 0.551. The van der Waals surface area contributed by atoms with E-state index in [4.69, 9.17) is 9.47 Å². The van der Waals surface area contributed by atoms with Crippen molar-refractivity contribution in [3.8, 4) is 56.4 Å². The molecule has 0 amide bonds. The number of para-hydroxylation sites is 4. The molecule has 67 heavy (non-hydrogen) atoms. The van der Waals surface area contributed by atoms with Crippen LogP contribution < -0.4 is 14.4 Å². The molecule has 10 aromatic rings. The van der Waals surface area contributed by atoms with Gasteiger partial charge < -0.3 is 14.4 Å². The molecular weight excluding hydrogens is 815 g/mol. The van der Waals surface area contributed by atoms with Crippen molar-refractivity contribution in [1.82, 2.24) is 0 Å². The first-order valence-electron chi connectivity index (χ1n) is 23.4. The minimum atomic E-state index is -0.650. The SMILES string of the molecule is CC12c3ccccc3-c3ccc(cc31)N(c1cccc3c1-c1ccccc1C31c3ccccc3Oc3ccccc31)c1ccc3c(c1)C1(c4ccccc4Oc4c2cccc41)c1ccccc1-3. The van der Waals surface area contributed by atoms with Crippen LogP contribution in [-0.2, 0) is 16.2 Å². The van der Waals surface area contributed by atoms with Crippen molar-refractivity contribution >= 4 is 17.1 Å². The van der Waals surface area contributed by atoms with Crippen molar-refractivity contribution in [2.75, 3.05) is 4.90 Å². The number of hydrogen-bond donors (Lipinski definition) is 0. The number of nitrogens with zero attached hydrogens (tertiary/aromatic N) is 1. The maximum atomic E-state index is 7.34. The van der Waals surface area contributed by atoms with Gasteiger partial charge in [0.15, 0.2) is 0 Å². The first-order valence-corrected chi connectivity index (χ1v) is 23.4. The van der Waals surface area contributed by atoms with Crippen LogP contribution in [-0.4, -0.2) is 0 Å². The highest BCUT2D eigenvalue weighted by Gasteiger charge is 2.55. The summed E-state index contributed by atoms with van der Waals surface area (Å²) in [6.07, 6.45) is 0. The molecule has 6 aliphatic rings. The molecule has 0 aromatic heterocycles. The van der Waals surface area contributed by atoms with Gasteiger partial charge in [0.1, 0.15) is 23.0 Å². The number of benzene rings is 10. The van der Waals surface area contributed by atoms with Crippen molar-refractivity contribution in [1.29, 1.82) is 0 Å². The van der Waals surface area contributed by atoms with Crippen molar-refractivity contribution in [2.45, 2.75) is 23.2 Å². The molecule has 2 unspecified atom stereocenters. The van der Waals surface area contributed by atoms with Crippen LogP contribution >= 0.6 is 0 Å². The molecule has 3 heterocycles. The number of anilines is 3. The molecule has 3 aliphatic carbocycles. The average molecular weight is 854 g/mol. The standard InChI is InChI=1S/C64H39NO2/c1-62-45-19-5-2-16-40(45)42-34-32-38(36-54(42)62)65(56-28-15-25-51-60(56)44-18-4-7-21-47(44)63(51)48-22-8-11-29-57(48)66-58-30-12-9-23-49(58)63)39-33-35-43-41-17-3-6-20-46(41)64(55(43)37-39)50-24-10-13-31-59(50)67-61-52(62)26-14-27-53(61)64/h2-37H,1H3. The summed E-state index contributed by atoms with van der Waals surface area (Å²) in [6.45, 7) is 2.43. The fraction of sp³-hybridized carbons (Fsp3) is 0.0625. The molecule has 3 nitrogen and oxygen atoms in total. The lowest BCUT2D eigenvalue weighted by Gasteiger charge is -2.42. The van der Waals surface area contributed by atoms with E-state index in [0.717, 1.165) is 56.8 Å². The summed E-state index contributed by atoms with van der Waals surface area (Å²) in [6, 6.07) is 81.6. The zero-order chi connectivity index (χ0) is 43.8. The summed E-state index contributed by atoms with van der Waals surface area (Å²) < 4.78 is 14.1. The van der Waals surface area contributed by atoms with Crippen molar-refractivity contribution in [3.05, 3.63) is 280 Å². The zero-order valence-corrected chi connectivity index (χ0v) is 36.5. The fourth-order valence-electron chi connectivity index (χ4n) is 13.8. The Morgan fingerprint density at radius 1 is 0.313 bits per heavy atom. The highest BCUT2D eigenvalue weighted by atomic mass is 16.5. The van der Waals surface area contributed by atoms with Crippen molar-refractivity contribution in [2.24, 2.45) is 0 Å². The van der Waals surface area contributed by atoms with E-state index in [1.54, 1.807) is 0 Å². The van der Waals surface area contributed by atoms with Crippen molar-refractivity contribution in [3.63, 3.8) is 0 Å². The van der Waals surface area contributed by atoms with Gasteiger partial charge in [0.05, 0.1) is 16.5 Å². The van der Waals surface area contributed by atoms with E-state index in [1.165, 1.54) is 77.9 Å². The molecule has 16 rings (SSSR count). The maximum Gasteiger partial charge on any atom is 0.136 e. The molecule has 2 spiro atoms. The van der Waals surface area contributed by atoms with Crippen LogP contribution in [0.2, 0.25) is 0 Å². The quantitative estimate of drug-likeness (QED) is 0.164. The number of fused-ring (bicyclic) bond motifs is 18. The first-order chi connectivity index (χ1) is 33.1. The van der Waals surface area contributed by atoms with Gasteiger partial charge in [0.2, 0.25) is 0 Å². The zero-order valence-electron chi connectivity index (χ0n) is 36.5. The Labute approximate surface area is 388 Å². The van der Waals surface area contributed by atoms with E-state index >= 15 is 0 Å². The van der Waals surface area contributed by atoms with Gasteiger partial charge in [0, 0.05) is 50.2 Å². The summed E-state index contributed by atoms with van der Waals surface area (Å²) in [5.74, 6) is 3.62. The molecule has 2 atom stereocenters. The van der Waals surface area contributed by atoms with Crippen LogP contribution in [0.4, 0.5) is 17.1 Å². The van der Waals surface area contributed by atoms with Crippen LogP contribution in [0.3, 0.4) is 0 Å². The van der Waals surface area contributed by atoms with Gasteiger partial charge in [-0.05, 0) is 117 Å². The Morgan fingerprint density at radius 3 is 1.42 bits per heavy atom. The Balaban J connectivity index is 1.07. The fourth-order valence-corrected chi connectivity index (χ4v) is 13.8. The lowest BCUT2D eigenvalue weighted by molar-refractivity contribution is 0.424. The van der Waals surface area contributed by atoms with Gasteiger partial charge in [-0.1, -0.05) is 170 Å². The first kappa shape index (κ1) is 35.9. The molecule has 0 fully saturated rings. The van der Waals surface area contributed by atoms with E-state index in [2.05, 4.69) is 230 Å². The highest BCUT2D eigenvalue weighted by molar-refractivity contribution is 6.00. The molecule has 10 aromatic carbocycles. The van der Waals surface area contributed by atoms with Crippen LogP contribution in [0.15, 0.2) is 218 Å². The molecule has 8 bridgehead atoms. The molecule has 0 N–H and O–H groups in total. The third-order valence-corrected chi connectivity index (χ3v) is 16.4. The summed E-state index contributed by atoms with van der Waals surface area (Å²) in [4.78, 5) is 2.56. The second-order valence-corrected chi connectivity index (χ2v) is 19.1.